The van der Waals surface area contributed by atoms with Gasteiger partial charge in [0, 0.05) is 0 Å². The molecule has 0 aromatic heterocycles. The number of hydrogen-bond acceptors (Lipinski definition) is 4. The number of ether oxygens (including phenoxy) is 1. The molecule has 0 spiro atoms. The maximum Gasteiger partial charge on any atom is 1.00 e. The van der Waals surface area contributed by atoms with Gasteiger partial charge in [-0.15, -0.1) is 0 Å². The Hall–Kier alpha value is 2.06. The number of rotatable bonds is 5. The molecule has 0 amide bonds. The first kappa shape index (κ1) is 25.8. The molecular weight excluding hydrogens is 233 g/mol. The molecule has 0 saturated carbocycles. The number of aldehydes is 1. The fourth-order valence-corrected chi connectivity index (χ4v) is 0.537. The molecule has 0 aliphatic rings. The monoisotopic (exact) mass is 248 g/mol. The number of aliphatic carboxylic acids is 1. The van der Waals surface area contributed by atoms with Gasteiger partial charge < -0.3 is 24.0 Å². The van der Waals surface area contributed by atoms with Crippen LogP contribution < -0.4 is 88.7 Å². The first-order valence-corrected chi connectivity index (χ1v) is 3.41. The zero-order valence-corrected chi connectivity index (χ0v) is 16.0. The predicted octanol–water partition coefficient (Wildman–Crippen LogP) is -9.22. The Bertz CT molecular complexity index is 197. The molecule has 0 saturated heterocycles. The van der Waals surface area contributed by atoms with Gasteiger partial charge in [-0.3, -0.25) is 0 Å². The number of hydrogen-bond donors (Lipinski definition) is 2. The Morgan fingerprint density at radius 2 is 1.87 bits per heavy atom. The molecule has 0 rings (SSSR count). The zero-order valence-electron chi connectivity index (χ0n) is 13.0. The van der Waals surface area contributed by atoms with Crippen LogP contribution in [-0.2, 0) is 14.3 Å². The number of carboxylic acids is 1. The van der Waals surface area contributed by atoms with Crippen LogP contribution in [0.3, 0.4) is 0 Å². The van der Waals surface area contributed by atoms with Crippen molar-refractivity contribution < 1.29 is 117 Å². The molecule has 0 aliphatic heterocycles. The van der Waals surface area contributed by atoms with Gasteiger partial charge in [-0.2, -0.15) is 0 Å². The van der Waals surface area contributed by atoms with Crippen LogP contribution in [0.1, 0.15) is 18.1 Å². The molecule has 2 N–H and O–H groups in total. The van der Waals surface area contributed by atoms with Crippen LogP contribution in [0.4, 0.5) is 0 Å². The topological polar surface area (TPSA) is 83.8 Å². The third kappa shape index (κ3) is 10.9. The fraction of sp³-hybridized carbons (Fsp3) is 0.714. The second-order valence-electron chi connectivity index (χ2n) is 2.79. The van der Waals surface area contributed by atoms with Gasteiger partial charge in [-0.05, 0) is 13.8 Å². The van der Waals surface area contributed by atoms with E-state index < -0.39 is 24.3 Å². The largest absolute Gasteiger partial charge is 1.00 e. The summed E-state index contributed by atoms with van der Waals surface area (Å²) in [5.41, 5.74) is -1.45. The maximum absolute atomic E-state index is 10.5. The Labute approximate surface area is 160 Å². The molecular formula is C7H15Na3O5. The van der Waals surface area contributed by atoms with Crippen molar-refractivity contribution in [2.45, 2.75) is 25.6 Å². The average Bonchev–Trinajstić information content (AvgIpc) is 2.00. The van der Waals surface area contributed by atoms with E-state index in [9.17, 15) is 9.59 Å². The smallest absolute Gasteiger partial charge is 1.00 e. The van der Waals surface area contributed by atoms with Gasteiger partial charge in [0.2, 0.25) is 0 Å². The first-order chi connectivity index (χ1) is 5.44. The van der Waals surface area contributed by atoms with Crippen LogP contribution in [0.2, 0.25) is 0 Å². The van der Waals surface area contributed by atoms with E-state index in [0.717, 1.165) is 0 Å². The van der Waals surface area contributed by atoms with E-state index in [4.69, 9.17) is 14.9 Å². The summed E-state index contributed by atoms with van der Waals surface area (Å²) in [6, 6.07) is 0. The summed E-state index contributed by atoms with van der Waals surface area (Å²) in [5.74, 6) is -1.18. The van der Waals surface area contributed by atoms with Crippen molar-refractivity contribution in [3.05, 3.63) is 0 Å². The molecule has 0 aromatic carbocycles. The van der Waals surface area contributed by atoms with Gasteiger partial charge in [0.15, 0.2) is 11.9 Å². The molecule has 76 valence electrons. The van der Waals surface area contributed by atoms with Crippen LogP contribution in [-0.4, -0.2) is 40.8 Å². The van der Waals surface area contributed by atoms with Crippen molar-refractivity contribution in [1.29, 1.82) is 0 Å². The zero-order chi connectivity index (χ0) is 9.78. The normalized spacial score (nSPS) is 11.1. The first-order valence-electron chi connectivity index (χ1n) is 3.41. The van der Waals surface area contributed by atoms with Crippen LogP contribution in [0, 0.1) is 0 Å². The minimum atomic E-state index is -1.45. The van der Waals surface area contributed by atoms with Crippen molar-refractivity contribution in [3.8, 4) is 0 Å². The number of aliphatic hydroxyl groups is 1. The summed E-state index contributed by atoms with van der Waals surface area (Å²) < 4.78 is 4.78. The molecule has 8 heteroatoms. The van der Waals surface area contributed by atoms with E-state index in [-0.39, 0.29) is 93.0 Å². The summed E-state index contributed by atoms with van der Waals surface area (Å²) in [6.07, 6.45) is -0.707. The molecule has 0 bridgehead atoms. The van der Waals surface area contributed by atoms with E-state index >= 15 is 0 Å². The van der Waals surface area contributed by atoms with Gasteiger partial charge >= 0.3 is 94.6 Å². The summed E-state index contributed by atoms with van der Waals surface area (Å²) in [4.78, 5) is 20.6. The van der Waals surface area contributed by atoms with E-state index in [1.54, 1.807) is 0 Å². The van der Waals surface area contributed by atoms with Crippen LogP contribution in [0.25, 0.3) is 0 Å². The average molecular weight is 248 g/mol. The third-order valence-corrected chi connectivity index (χ3v) is 1.29. The third-order valence-electron chi connectivity index (χ3n) is 1.29. The Morgan fingerprint density at radius 3 is 2.07 bits per heavy atom. The van der Waals surface area contributed by atoms with Gasteiger partial charge in [-0.25, -0.2) is 4.79 Å². The molecule has 0 heterocycles. The van der Waals surface area contributed by atoms with E-state index in [2.05, 4.69) is 0 Å². The van der Waals surface area contributed by atoms with Gasteiger partial charge in [-0.1, -0.05) is 0 Å². The fourth-order valence-electron chi connectivity index (χ4n) is 0.537. The quantitative estimate of drug-likeness (QED) is 0.373. The van der Waals surface area contributed by atoms with Crippen molar-refractivity contribution >= 4 is 12.3 Å². The van der Waals surface area contributed by atoms with Crippen molar-refractivity contribution in [2.24, 2.45) is 0 Å². The second kappa shape index (κ2) is 12.5. The minimum absolute atomic E-state index is 0. The number of carboxylic acid groups (broad SMARTS) is 1. The molecule has 15 heavy (non-hydrogen) atoms. The number of carbonyl (C=O) groups excluding carboxylic acids is 1. The summed E-state index contributed by atoms with van der Waals surface area (Å²) >= 11 is 0. The van der Waals surface area contributed by atoms with Crippen LogP contribution in [0.5, 0.6) is 0 Å². The molecule has 5 nitrogen and oxygen atoms in total. The molecule has 1 unspecified atom stereocenters. The minimum Gasteiger partial charge on any atom is -1.00 e. The van der Waals surface area contributed by atoms with E-state index in [0.29, 0.717) is 6.29 Å². The summed E-state index contributed by atoms with van der Waals surface area (Å²) in [7, 11) is 0. The molecule has 1 atom stereocenters. The molecule has 0 aromatic rings. The standard InChI is InChI=1S/C7H12O5.3Na.3H/c1-7(2,6(10)11)12-5(3-8)4-9;;;;;;/h3,5,9H,4H2,1-2H3,(H,10,11);;;;;;/q;3*+1;3*-1. The van der Waals surface area contributed by atoms with Gasteiger partial charge in [0.05, 0.1) is 6.61 Å². The number of aliphatic hydroxyl groups excluding tert-OH is 1. The molecule has 0 fully saturated rings. The summed E-state index contributed by atoms with van der Waals surface area (Å²) in [5, 5.41) is 17.1. The Balaban J connectivity index is -0.0000000403. The van der Waals surface area contributed by atoms with Crippen molar-refractivity contribution in [1.82, 2.24) is 0 Å². The van der Waals surface area contributed by atoms with Crippen molar-refractivity contribution in [2.75, 3.05) is 6.61 Å². The predicted molar refractivity (Wildman–Crippen MR) is 43.1 cm³/mol. The van der Waals surface area contributed by atoms with Gasteiger partial charge in [0.1, 0.15) is 6.10 Å². The van der Waals surface area contributed by atoms with E-state index in [1.165, 1.54) is 13.8 Å². The molecule has 0 radical (unpaired) electrons. The van der Waals surface area contributed by atoms with Gasteiger partial charge in [0.25, 0.3) is 0 Å². The Morgan fingerprint density at radius 1 is 1.47 bits per heavy atom. The second-order valence-corrected chi connectivity index (χ2v) is 2.79. The van der Waals surface area contributed by atoms with Crippen molar-refractivity contribution in [3.63, 3.8) is 0 Å². The number of carbonyl (C=O) groups is 2. The Kier molecular flexibility index (Phi) is 21.5. The van der Waals surface area contributed by atoms with Crippen LogP contribution in [0.15, 0.2) is 0 Å². The maximum atomic E-state index is 10.5. The summed E-state index contributed by atoms with van der Waals surface area (Å²) in [6.45, 7) is 2.10. The van der Waals surface area contributed by atoms with Crippen LogP contribution >= 0.6 is 0 Å². The SMILES string of the molecule is CC(C)(OC(C=O)CO)C(=O)O.[H-].[H-].[H-].[Na+].[Na+].[Na+]. The molecule has 0 aliphatic carbocycles. The van der Waals surface area contributed by atoms with E-state index in [1.807, 2.05) is 0 Å².